The highest BCUT2D eigenvalue weighted by Crippen LogP contribution is 2.33. The van der Waals surface area contributed by atoms with Gasteiger partial charge in [0.1, 0.15) is 5.75 Å². The number of nitrogens with zero attached hydrogens (tertiary/aromatic N) is 2. The molecule has 0 unspecified atom stereocenters. The molecule has 4 rings (SSSR count). The van der Waals surface area contributed by atoms with Crippen molar-refractivity contribution in [1.29, 1.82) is 0 Å². The number of anilines is 1. The van der Waals surface area contributed by atoms with Gasteiger partial charge in [-0.1, -0.05) is 23.2 Å². The molecule has 1 fully saturated rings. The van der Waals surface area contributed by atoms with Crippen LogP contribution in [0.25, 0.3) is 11.3 Å². The number of nitrogens with one attached hydrogen (secondary N) is 1. The molecule has 2 heterocycles. The molecule has 11 heteroatoms. The van der Waals surface area contributed by atoms with E-state index in [2.05, 4.69) is 10.3 Å². The second-order valence-corrected chi connectivity index (χ2v) is 11.1. The topological polar surface area (TPSA) is 88.6 Å². The molecular formula is C22H21Cl2N3O4S2. The van der Waals surface area contributed by atoms with Gasteiger partial charge in [0, 0.05) is 35.0 Å². The van der Waals surface area contributed by atoms with Crippen LogP contribution in [0.4, 0.5) is 5.13 Å². The van der Waals surface area contributed by atoms with Crippen LogP contribution in [0.15, 0.2) is 52.7 Å². The van der Waals surface area contributed by atoms with E-state index in [9.17, 15) is 13.2 Å². The first kappa shape index (κ1) is 24.0. The molecule has 1 aliphatic rings. The zero-order valence-electron chi connectivity index (χ0n) is 17.6. The Kier molecular flexibility index (Phi) is 7.25. The Morgan fingerprint density at radius 3 is 2.48 bits per heavy atom. The summed E-state index contributed by atoms with van der Waals surface area (Å²) in [6.45, 7) is 0.548. The molecule has 7 nitrogen and oxygen atoms in total. The molecule has 0 bridgehead atoms. The van der Waals surface area contributed by atoms with Gasteiger partial charge in [-0.3, -0.25) is 4.79 Å². The van der Waals surface area contributed by atoms with Crippen molar-refractivity contribution in [1.82, 2.24) is 9.29 Å². The van der Waals surface area contributed by atoms with Crippen LogP contribution < -0.4 is 10.1 Å². The lowest BCUT2D eigenvalue weighted by molar-refractivity contribution is -0.120. The van der Waals surface area contributed by atoms with Crippen LogP contribution in [0.2, 0.25) is 10.0 Å². The molecule has 174 valence electrons. The van der Waals surface area contributed by atoms with Gasteiger partial charge in [-0.05, 0) is 55.3 Å². The summed E-state index contributed by atoms with van der Waals surface area (Å²) in [6.07, 6.45) is 0.866. The Morgan fingerprint density at radius 2 is 1.85 bits per heavy atom. The Hall–Kier alpha value is -2.17. The van der Waals surface area contributed by atoms with Crippen molar-refractivity contribution in [2.75, 3.05) is 25.5 Å². The van der Waals surface area contributed by atoms with E-state index in [1.807, 2.05) is 5.38 Å². The number of ether oxygens (including phenoxy) is 1. The number of hydrogen-bond donors (Lipinski definition) is 1. The monoisotopic (exact) mass is 525 g/mol. The third-order valence-corrected chi connectivity index (χ3v) is 8.68. The van der Waals surface area contributed by atoms with Crippen LogP contribution in [0.5, 0.6) is 5.75 Å². The van der Waals surface area contributed by atoms with Crippen molar-refractivity contribution in [2.24, 2.45) is 5.92 Å². The van der Waals surface area contributed by atoms with Gasteiger partial charge in [0.15, 0.2) is 5.13 Å². The van der Waals surface area contributed by atoms with Crippen LogP contribution in [0.1, 0.15) is 12.8 Å². The SMILES string of the molecule is COc1ccc(S(=O)(=O)N2CCC(C(=O)Nc3nc(-c4ccc(Cl)cc4Cl)cs3)CC2)cc1. The van der Waals surface area contributed by atoms with Crippen LogP contribution >= 0.6 is 34.5 Å². The van der Waals surface area contributed by atoms with Crippen molar-refractivity contribution < 1.29 is 17.9 Å². The maximum Gasteiger partial charge on any atom is 0.243 e. The molecule has 0 aliphatic carbocycles. The van der Waals surface area contributed by atoms with Gasteiger partial charge < -0.3 is 10.1 Å². The van der Waals surface area contributed by atoms with E-state index < -0.39 is 10.0 Å². The summed E-state index contributed by atoms with van der Waals surface area (Å²) in [5.74, 6) is 0.131. The van der Waals surface area contributed by atoms with Crippen molar-refractivity contribution in [2.45, 2.75) is 17.7 Å². The molecule has 1 N–H and O–H groups in total. The molecule has 33 heavy (non-hydrogen) atoms. The van der Waals surface area contributed by atoms with E-state index in [0.29, 0.717) is 39.5 Å². The third kappa shape index (κ3) is 5.33. The largest absolute Gasteiger partial charge is 0.497 e. The summed E-state index contributed by atoms with van der Waals surface area (Å²) in [6, 6.07) is 11.4. The number of carbonyl (C=O) groups is 1. The molecule has 3 aromatic rings. The lowest BCUT2D eigenvalue weighted by atomic mass is 9.97. The number of aromatic nitrogens is 1. The van der Waals surface area contributed by atoms with E-state index in [4.69, 9.17) is 27.9 Å². The first-order valence-electron chi connectivity index (χ1n) is 10.1. The number of rotatable bonds is 6. The smallest absolute Gasteiger partial charge is 0.243 e. The van der Waals surface area contributed by atoms with E-state index in [-0.39, 0.29) is 29.8 Å². The summed E-state index contributed by atoms with van der Waals surface area (Å²) in [5, 5.41) is 6.15. The molecular weight excluding hydrogens is 505 g/mol. The molecule has 1 aliphatic heterocycles. The number of sulfonamides is 1. The predicted molar refractivity (Wildman–Crippen MR) is 131 cm³/mol. The van der Waals surface area contributed by atoms with Crippen molar-refractivity contribution in [3.05, 3.63) is 57.9 Å². The maximum absolute atomic E-state index is 12.9. The van der Waals surface area contributed by atoms with Crippen LogP contribution in [0, 0.1) is 5.92 Å². The van der Waals surface area contributed by atoms with Crippen molar-refractivity contribution in [3.63, 3.8) is 0 Å². The lowest BCUT2D eigenvalue weighted by Gasteiger charge is -2.30. The molecule has 1 saturated heterocycles. The summed E-state index contributed by atoms with van der Waals surface area (Å²) < 4.78 is 32.3. The number of hydrogen-bond acceptors (Lipinski definition) is 6. The van der Waals surface area contributed by atoms with Gasteiger partial charge in [0.25, 0.3) is 0 Å². The van der Waals surface area contributed by atoms with E-state index in [1.165, 1.54) is 34.9 Å². The van der Waals surface area contributed by atoms with E-state index in [1.54, 1.807) is 30.3 Å². The molecule has 1 amide bonds. The fourth-order valence-corrected chi connectivity index (χ4v) is 6.30. The zero-order valence-corrected chi connectivity index (χ0v) is 20.8. The highest BCUT2D eigenvalue weighted by molar-refractivity contribution is 7.89. The fraction of sp³-hybridized carbons (Fsp3) is 0.273. The highest BCUT2D eigenvalue weighted by Gasteiger charge is 2.32. The number of amides is 1. The summed E-state index contributed by atoms with van der Waals surface area (Å²) >= 11 is 13.5. The maximum atomic E-state index is 12.9. The van der Waals surface area contributed by atoms with Gasteiger partial charge in [0.05, 0.1) is 22.7 Å². The fourth-order valence-electron chi connectivity index (χ4n) is 3.61. The standard InChI is InChI=1S/C22H21Cl2N3O4S2/c1-31-16-3-5-17(6-4-16)33(29,30)27-10-8-14(9-11-27)21(28)26-22-25-20(13-32-22)18-7-2-15(23)12-19(18)24/h2-7,12-14H,8-11H2,1H3,(H,25,26,28). The second kappa shape index (κ2) is 9.99. The minimum Gasteiger partial charge on any atom is -0.497 e. The number of carbonyl (C=O) groups excluding carboxylic acids is 1. The normalized spacial score (nSPS) is 15.4. The predicted octanol–water partition coefficient (Wildman–Crippen LogP) is 5.16. The average molecular weight is 526 g/mol. The summed E-state index contributed by atoms with van der Waals surface area (Å²) in [4.78, 5) is 17.4. The Balaban J connectivity index is 1.36. The van der Waals surface area contributed by atoms with Crippen molar-refractivity contribution >= 4 is 55.6 Å². The Labute approximate surface area is 206 Å². The van der Waals surface area contributed by atoms with Crippen LogP contribution in [0.3, 0.4) is 0 Å². The first-order chi connectivity index (χ1) is 15.8. The number of methoxy groups -OCH3 is 1. The average Bonchev–Trinajstić information content (AvgIpc) is 3.27. The number of piperidine rings is 1. The molecule has 0 atom stereocenters. The Morgan fingerprint density at radius 1 is 1.15 bits per heavy atom. The molecule has 1 aromatic heterocycles. The van der Waals surface area contributed by atoms with E-state index in [0.717, 1.165) is 5.56 Å². The summed E-state index contributed by atoms with van der Waals surface area (Å²) in [5.41, 5.74) is 1.38. The Bertz CT molecular complexity index is 1250. The summed E-state index contributed by atoms with van der Waals surface area (Å²) in [7, 11) is -2.09. The van der Waals surface area contributed by atoms with Gasteiger partial charge in [-0.25, -0.2) is 13.4 Å². The molecule has 0 spiro atoms. The van der Waals surface area contributed by atoms with Crippen LogP contribution in [-0.2, 0) is 14.8 Å². The van der Waals surface area contributed by atoms with Gasteiger partial charge in [-0.15, -0.1) is 11.3 Å². The molecule has 2 aromatic carbocycles. The van der Waals surface area contributed by atoms with Gasteiger partial charge in [0.2, 0.25) is 15.9 Å². The van der Waals surface area contributed by atoms with Crippen LogP contribution in [-0.4, -0.2) is 43.8 Å². The number of thiazole rings is 1. The minimum absolute atomic E-state index is 0.167. The third-order valence-electron chi connectivity index (χ3n) is 5.46. The highest BCUT2D eigenvalue weighted by atomic mass is 35.5. The van der Waals surface area contributed by atoms with Gasteiger partial charge >= 0.3 is 0 Å². The molecule has 0 radical (unpaired) electrons. The lowest BCUT2D eigenvalue weighted by Crippen LogP contribution is -2.41. The van der Waals surface area contributed by atoms with Gasteiger partial charge in [-0.2, -0.15) is 4.31 Å². The number of benzene rings is 2. The zero-order chi connectivity index (χ0) is 23.6. The minimum atomic E-state index is -3.62. The van der Waals surface area contributed by atoms with E-state index >= 15 is 0 Å². The first-order valence-corrected chi connectivity index (χ1v) is 13.2. The molecule has 0 saturated carbocycles. The second-order valence-electron chi connectivity index (χ2n) is 7.51. The quantitative estimate of drug-likeness (QED) is 0.479. The van der Waals surface area contributed by atoms with Crippen molar-refractivity contribution in [3.8, 4) is 17.0 Å². The number of halogens is 2.